The second-order valence-corrected chi connectivity index (χ2v) is 26.1. The molecule has 15 rings (SSSR count). The molecule has 0 amide bonds. The number of halogens is 4. The summed E-state index contributed by atoms with van der Waals surface area (Å²) >= 11 is 0. The third-order valence-corrected chi connectivity index (χ3v) is 18.4. The van der Waals surface area contributed by atoms with Crippen LogP contribution in [0.25, 0.3) is 98.8 Å². The molecule has 0 aliphatic heterocycles. The molecule has 13 aromatic carbocycles. The van der Waals surface area contributed by atoms with Crippen LogP contribution in [0.3, 0.4) is 0 Å². The Morgan fingerprint density at radius 1 is 0.272 bits per heavy atom. The van der Waals surface area contributed by atoms with Gasteiger partial charge in [0.15, 0.2) is 0 Å². The van der Waals surface area contributed by atoms with E-state index in [4.69, 9.17) is 0 Å². The van der Waals surface area contributed by atoms with Gasteiger partial charge in [0.25, 0.3) is 12.9 Å². The summed E-state index contributed by atoms with van der Waals surface area (Å²) in [6.45, 7) is 13.2. The highest BCUT2D eigenvalue weighted by molar-refractivity contribution is 6.23. The van der Waals surface area contributed by atoms with E-state index in [9.17, 15) is 17.6 Å². The highest BCUT2D eigenvalue weighted by Gasteiger charge is 2.26. The summed E-state index contributed by atoms with van der Waals surface area (Å²) in [6.07, 6.45) is -5.24. The summed E-state index contributed by atoms with van der Waals surface area (Å²) in [7, 11) is 0. The Labute approximate surface area is 533 Å². The standard InChI is InChI=1S/C84H66F4N4/c1-83(2,3)57-31-43-61(44-32-57)89(59-39-27-55(28-40-59)81(85)86)65-47-49-71-73(51-65)79(53-23-35-63(36-24-53)91-75-19-11-7-15-67(75)68-16-8-12-20-76(68)91)72-50-48-66(90(60-41-29-56(30-42-60)82(87)88)62-45-33-58(34-46-62)84(4,5)6)52-74(72)80(71)54-25-37-64(38-26-54)92-77-21-13-9-17-69(77)70-18-10-14-22-78(70)92/h7-52,81-82H,1-6H3. The van der Waals surface area contributed by atoms with Crippen LogP contribution in [-0.4, -0.2) is 9.13 Å². The van der Waals surface area contributed by atoms with Crippen LogP contribution in [0.1, 0.15) is 76.6 Å². The van der Waals surface area contributed by atoms with Gasteiger partial charge in [-0.15, -0.1) is 0 Å². The van der Waals surface area contributed by atoms with E-state index in [-0.39, 0.29) is 22.0 Å². The summed E-state index contributed by atoms with van der Waals surface area (Å²) in [6, 6.07) is 95.5. The molecule has 0 radical (unpaired) electrons. The third kappa shape index (κ3) is 10.1. The van der Waals surface area contributed by atoms with Crippen molar-refractivity contribution in [1.29, 1.82) is 0 Å². The predicted octanol–water partition coefficient (Wildman–Crippen LogP) is 24.9. The zero-order valence-electron chi connectivity index (χ0n) is 52.0. The molecule has 0 aliphatic rings. The van der Waals surface area contributed by atoms with E-state index in [1.165, 1.54) is 56.9 Å². The largest absolute Gasteiger partial charge is 0.310 e. The lowest BCUT2D eigenvalue weighted by molar-refractivity contribution is 0.151. The zero-order chi connectivity index (χ0) is 63.2. The number of aromatic nitrogens is 2. The monoisotopic (exact) mass is 1210 g/mol. The van der Waals surface area contributed by atoms with Crippen molar-refractivity contribution in [1.82, 2.24) is 9.13 Å². The molecule has 450 valence electrons. The highest BCUT2D eigenvalue weighted by Crippen LogP contribution is 2.50. The molecule has 8 heteroatoms. The summed E-state index contributed by atoms with van der Waals surface area (Å²) in [5.41, 5.74) is 17.4. The number of benzene rings is 13. The van der Waals surface area contributed by atoms with Gasteiger partial charge in [-0.3, -0.25) is 0 Å². The predicted molar refractivity (Wildman–Crippen MR) is 378 cm³/mol. The van der Waals surface area contributed by atoms with Crippen LogP contribution in [0.4, 0.5) is 51.7 Å². The molecule has 0 fully saturated rings. The Balaban J connectivity index is 1.02. The maximum atomic E-state index is 14.3. The van der Waals surface area contributed by atoms with E-state index in [2.05, 4.69) is 291 Å². The average molecular weight is 1210 g/mol. The quantitative estimate of drug-likeness (QED) is 0.0895. The summed E-state index contributed by atoms with van der Waals surface area (Å²) < 4.78 is 62.0. The average Bonchev–Trinajstić information content (AvgIpc) is 1.10. The Bertz CT molecular complexity index is 4820. The maximum absolute atomic E-state index is 14.3. The topological polar surface area (TPSA) is 16.3 Å². The maximum Gasteiger partial charge on any atom is 0.263 e. The molecule has 0 spiro atoms. The van der Waals surface area contributed by atoms with Gasteiger partial charge < -0.3 is 18.9 Å². The molecule has 15 aromatic rings. The van der Waals surface area contributed by atoms with E-state index < -0.39 is 12.9 Å². The second-order valence-electron chi connectivity index (χ2n) is 26.1. The number of nitrogens with zero attached hydrogens (tertiary/aromatic N) is 4. The minimum Gasteiger partial charge on any atom is -0.310 e. The molecule has 0 bridgehead atoms. The van der Waals surface area contributed by atoms with Gasteiger partial charge in [-0.05, 0) is 187 Å². The first-order valence-corrected chi connectivity index (χ1v) is 31.3. The van der Waals surface area contributed by atoms with Crippen molar-refractivity contribution in [2.45, 2.75) is 65.2 Å². The van der Waals surface area contributed by atoms with Crippen molar-refractivity contribution < 1.29 is 17.6 Å². The van der Waals surface area contributed by atoms with Gasteiger partial charge in [-0.1, -0.05) is 199 Å². The number of hydrogen-bond donors (Lipinski definition) is 0. The fourth-order valence-corrected chi connectivity index (χ4v) is 13.7. The third-order valence-electron chi connectivity index (χ3n) is 18.4. The van der Waals surface area contributed by atoms with Crippen LogP contribution in [0.15, 0.2) is 279 Å². The van der Waals surface area contributed by atoms with E-state index in [0.29, 0.717) is 0 Å². The van der Waals surface area contributed by atoms with E-state index >= 15 is 0 Å². The molecule has 4 nitrogen and oxygen atoms in total. The lowest BCUT2D eigenvalue weighted by atomic mass is 9.85. The first kappa shape index (κ1) is 57.7. The van der Waals surface area contributed by atoms with Gasteiger partial charge in [0.1, 0.15) is 0 Å². The van der Waals surface area contributed by atoms with Crippen LogP contribution < -0.4 is 9.80 Å². The van der Waals surface area contributed by atoms with E-state index in [0.717, 1.165) is 111 Å². The van der Waals surface area contributed by atoms with Crippen molar-refractivity contribution in [3.05, 3.63) is 301 Å². The molecule has 0 unspecified atom stereocenters. The fourth-order valence-electron chi connectivity index (χ4n) is 13.7. The SMILES string of the molecule is CC(C)(C)c1ccc(N(c2ccc(C(F)F)cc2)c2ccc3c(-c4ccc(-n5c6ccccc6c6ccccc65)cc4)c4cc(N(c5ccc(C(F)F)cc5)c5ccc(C(C)(C)C)cc5)ccc4c(-c4ccc(-n5c6ccccc6c6ccccc65)cc4)c3c2)cc1. The Hall–Kier alpha value is -10.7. The normalized spacial score (nSPS) is 12.2. The number of hydrogen-bond acceptors (Lipinski definition) is 2. The van der Waals surface area contributed by atoms with Crippen molar-refractivity contribution in [3.63, 3.8) is 0 Å². The van der Waals surface area contributed by atoms with Gasteiger partial charge in [0.05, 0.1) is 22.1 Å². The zero-order valence-corrected chi connectivity index (χ0v) is 52.0. The van der Waals surface area contributed by atoms with Gasteiger partial charge >= 0.3 is 0 Å². The molecule has 2 aromatic heterocycles. The molecular weight excluding hydrogens is 1140 g/mol. The molecule has 92 heavy (non-hydrogen) atoms. The second kappa shape index (κ2) is 22.7. The van der Waals surface area contributed by atoms with Crippen molar-refractivity contribution >= 4 is 99.3 Å². The number of alkyl halides is 4. The highest BCUT2D eigenvalue weighted by atomic mass is 19.3. The molecule has 2 heterocycles. The minimum atomic E-state index is -2.62. The number of anilines is 6. The molecule has 0 atom stereocenters. The smallest absolute Gasteiger partial charge is 0.263 e. The van der Waals surface area contributed by atoms with Gasteiger partial charge in [0, 0.05) is 78.2 Å². The molecular formula is C84H66F4N4. The number of rotatable bonds is 12. The van der Waals surface area contributed by atoms with E-state index in [1.54, 1.807) is 24.3 Å². The summed E-state index contributed by atoms with van der Waals surface area (Å²) in [4.78, 5) is 4.32. The van der Waals surface area contributed by atoms with Crippen LogP contribution >= 0.6 is 0 Å². The van der Waals surface area contributed by atoms with Crippen molar-refractivity contribution in [2.24, 2.45) is 0 Å². The Morgan fingerprint density at radius 3 is 0.826 bits per heavy atom. The molecule has 0 saturated carbocycles. The first-order chi connectivity index (χ1) is 44.6. The van der Waals surface area contributed by atoms with Gasteiger partial charge in [-0.2, -0.15) is 0 Å². The Kier molecular flexibility index (Phi) is 14.2. The minimum absolute atomic E-state index is 0.0489. The summed E-state index contributed by atoms with van der Waals surface area (Å²) in [5.74, 6) is 0. The van der Waals surface area contributed by atoms with Crippen molar-refractivity contribution in [3.8, 4) is 33.6 Å². The molecule has 0 aliphatic carbocycles. The van der Waals surface area contributed by atoms with Gasteiger partial charge in [0.2, 0.25) is 0 Å². The molecule has 0 saturated heterocycles. The van der Waals surface area contributed by atoms with Crippen LogP contribution in [-0.2, 0) is 10.8 Å². The van der Waals surface area contributed by atoms with Crippen LogP contribution in [0.5, 0.6) is 0 Å². The van der Waals surface area contributed by atoms with Crippen molar-refractivity contribution in [2.75, 3.05) is 9.80 Å². The van der Waals surface area contributed by atoms with Gasteiger partial charge in [-0.25, -0.2) is 17.6 Å². The first-order valence-electron chi connectivity index (χ1n) is 31.3. The lowest BCUT2D eigenvalue weighted by Crippen LogP contribution is -2.13. The Morgan fingerprint density at radius 2 is 0.543 bits per heavy atom. The molecule has 0 N–H and O–H groups in total. The number of para-hydroxylation sites is 4. The van der Waals surface area contributed by atoms with Crippen LogP contribution in [0.2, 0.25) is 0 Å². The summed E-state index contributed by atoms with van der Waals surface area (Å²) in [5, 5.41) is 8.64. The lowest BCUT2D eigenvalue weighted by Gasteiger charge is -2.29. The van der Waals surface area contributed by atoms with E-state index in [1.807, 2.05) is 0 Å². The number of fused-ring (bicyclic) bond motifs is 8. The van der Waals surface area contributed by atoms with Crippen LogP contribution in [0, 0.1) is 0 Å². The fraction of sp³-hybridized carbons (Fsp3) is 0.119.